The maximum Gasteiger partial charge on any atom is 0.224 e. The molecule has 0 aliphatic heterocycles. The SMILES string of the molecule is CSc1ccc(CN(C)C(=O)CCNC(C)=O)cc1. The second-order valence-electron chi connectivity index (χ2n) is 4.33. The summed E-state index contributed by atoms with van der Waals surface area (Å²) in [4.78, 5) is 25.4. The Kier molecular flexibility index (Phi) is 6.42. The van der Waals surface area contributed by atoms with Crippen molar-refractivity contribution in [3.8, 4) is 0 Å². The zero-order chi connectivity index (χ0) is 14.3. The van der Waals surface area contributed by atoms with Gasteiger partial charge in [0.1, 0.15) is 0 Å². The molecular weight excluding hydrogens is 260 g/mol. The number of benzene rings is 1. The first-order valence-electron chi connectivity index (χ1n) is 6.14. The molecule has 0 unspecified atom stereocenters. The predicted molar refractivity (Wildman–Crippen MR) is 78.0 cm³/mol. The van der Waals surface area contributed by atoms with Gasteiger partial charge in [-0.15, -0.1) is 11.8 Å². The highest BCUT2D eigenvalue weighted by molar-refractivity contribution is 7.98. The molecule has 0 aromatic heterocycles. The Morgan fingerprint density at radius 2 is 1.89 bits per heavy atom. The van der Waals surface area contributed by atoms with Crippen molar-refractivity contribution in [1.82, 2.24) is 10.2 Å². The van der Waals surface area contributed by atoms with E-state index in [1.807, 2.05) is 18.4 Å². The molecule has 0 heterocycles. The Balaban J connectivity index is 2.42. The minimum absolute atomic E-state index is 0.0303. The van der Waals surface area contributed by atoms with Crippen molar-refractivity contribution in [3.63, 3.8) is 0 Å². The van der Waals surface area contributed by atoms with Crippen LogP contribution in [0, 0.1) is 0 Å². The van der Waals surface area contributed by atoms with Crippen LogP contribution in [0.15, 0.2) is 29.2 Å². The second kappa shape index (κ2) is 7.84. The van der Waals surface area contributed by atoms with Crippen molar-refractivity contribution in [2.24, 2.45) is 0 Å². The summed E-state index contributed by atoms with van der Waals surface area (Å²) < 4.78 is 0. The summed E-state index contributed by atoms with van der Waals surface area (Å²) in [6.45, 7) is 2.43. The Labute approximate surface area is 118 Å². The summed E-state index contributed by atoms with van der Waals surface area (Å²) in [5.41, 5.74) is 1.10. The van der Waals surface area contributed by atoms with Gasteiger partial charge in [0.05, 0.1) is 0 Å². The molecule has 1 aromatic carbocycles. The molecule has 0 radical (unpaired) electrons. The van der Waals surface area contributed by atoms with Gasteiger partial charge in [-0.05, 0) is 24.0 Å². The molecule has 104 valence electrons. The highest BCUT2D eigenvalue weighted by atomic mass is 32.2. The summed E-state index contributed by atoms with van der Waals surface area (Å²) in [6, 6.07) is 8.16. The van der Waals surface area contributed by atoms with Crippen molar-refractivity contribution in [1.29, 1.82) is 0 Å². The normalized spacial score (nSPS) is 10.1. The van der Waals surface area contributed by atoms with Crippen molar-refractivity contribution in [2.45, 2.75) is 24.8 Å². The number of hydrogen-bond acceptors (Lipinski definition) is 3. The summed E-state index contributed by atoms with van der Waals surface area (Å²) in [6.07, 6.45) is 2.37. The summed E-state index contributed by atoms with van der Waals surface area (Å²) in [5.74, 6) is -0.0780. The Morgan fingerprint density at radius 1 is 1.26 bits per heavy atom. The number of nitrogens with zero attached hydrogens (tertiary/aromatic N) is 1. The largest absolute Gasteiger partial charge is 0.356 e. The van der Waals surface area contributed by atoms with E-state index in [1.165, 1.54) is 11.8 Å². The van der Waals surface area contributed by atoms with E-state index in [2.05, 4.69) is 17.4 Å². The standard InChI is InChI=1S/C14H20N2O2S/c1-11(17)15-9-8-14(18)16(2)10-12-4-6-13(19-3)7-5-12/h4-7H,8-10H2,1-3H3,(H,15,17). The Hall–Kier alpha value is -1.49. The van der Waals surface area contributed by atoms with Crippen LogP contribution in [-0.4, -0.2) is 36.6 Å². The van der Waals surface area contributed by atoms with Gasteiger partial charge in [0.2, 0.25) is 11.8 Å². The number of carbonyl (C=O) groups is 2. The molecule has 1 N–H and O–H groups in total. The fourth-order valence-corrected chi connectivity index (χ4v) is 2.04. The zero-order valence-corrected chi connectivity index (χ0v) is 12.4. The number of hydrogen-bond donors (Lipinski definition) is 1. The minimum atomic E-state index is -0.108. The number of rotatable bonds is 6. The summed E-state index contributed by atoms with van der Waals surface area (Å²) in [5, 5.41) is 2.62. The fraction of sp³-hybridized carbons (Fsp3) is 0.429. The van der Waals surface area contributed by atoms with Crippen LogP contribution in [0.2, 0.25) is 0 Å². The average Bonchev–Trinajstić information content (AvgIpc) is 2.39. The Morgan fingerprint density at radius 3 is 2.42 bits per heavy atom. The maximum atomic E-state index is 11.8. The first kappa shape index (κ1) is 15.6. The van der Waals surface area contributed by atoms with Crippen molar-refractivity contribution < 1.29 is 9.59 Å². The van der Waals surface area contributed by atoms with Crippen LogP contribution in [0.25, 0.3) is 0 Å². The molecular formula is C14H20N2O2S. The van der Waals surface area contributed by atoms with Crippen LogP contribution >= 0.6 is 11.8 Å². The molecule has 0 saturated heterocycles. The lowest BCUT2D eigenvalue weighted by Gasteiger charge is -2.17. The number of nitrogens with one attached hydrogen (secondary N) is 1. The van der Waals surface area contributed by atoms with E-state index in [4.69, 9.17) is 0 Å². The monoisotopic (exact) mass is 280 g/mol. The quantitative estimate of drug-likeness (QED) is 0.810. The van der Waals surface area contributed by atoms with E-state index in [9.17, 15) is 9.59 Å². The minimum Gasteiger partial charge on any atom is -0.356 e. The molecule has 1 aromatic rings. The lowest BCUT2D eigenvalue weighted by Crippen LogP contribution is -2.30. The third-order valence-corrected chi connectivity index (χ3v) is 3.46. The first-order chi connectivity index (χ1) is 9.02. The molecule has 5 heteroatoms. The van der Waals surface area contributed by atoms with Crippen molar-refractivity contribution in [2.75, 3.05) is 19.8 Å². The van der Waals surface area contributed by atoms with Gasteiger partial charge in [0.25, 0.3) is 0 Å². The molecule has 0 aliphatic rings. The highest BCUT2D eigenvalue weighted by Crippen LogP contribution is 2.15. The highest BCUT2D eigenvalue weighted by Gasteiger charge is 2.09. The van der Waals surface area contributed by atoms with Gasteiger partial charge >= 0.3 is 0 Å². The van der Waals surface area contributed by atoms with E-state index in [0.29, 0.717) is 19.5 Å². The lowest BCUT2D eigenvalue weighted by atomic mass is 10.2. The van der Waals surface area contributed by atoms with Crippen LogP contribution in [-0.2, 0) is 16.1 Å². The maximum absolute atomic E-state index is 11.8. The molecule has 2 amide bonds. The lowest BCUT2D eigenvalue weighted by molar-refractivity contribution is -0.130. The van der Waals surface area contributed by atoms with Crippen LogP contribution in [0.4, 0.5) is 0 Å². The number of carbonyl (C=O) groups excluding carboxylic acids is 2. The molecule has 4 nitrogen and oxygen atoms in total. The average molecular weight is 280 g/mol. The number of amides is 2. The van der Waals surface area contributed by atoms with E-state index in [-0.39, 0.29) is 11.8 Å². The number of thioether (sulfide) groups is 1. The molecule has 0 saturated carbocycles. The van der Waals surface area contributed by atoms with E-state index >= 15 is 0 Å². The van der Waals surface area contributed by atoms with Gasteiger partial charge in [-0.2, -0.15) is 0 Å². The van der Waals surface area contributed by atoms with Crippen LogP contribution in [0.3, 0.4) is 0 Å². The molecule has 0 atom stereocenters. The van der Waals surface area contributed by atoms with Gasteiger partial charge in [0, 0.05) is 38.4 Å². The van der Waals surface area contributed by atoms with Gasteiger partial charge in [0.15, 0.2) is 0 Å². The van der Waals surface area contributed by atoms with Crippen molar-refractivity contribution in [3.05, 3.63) is 29.8 Å². The van der Waals surface area contributed by atoms with Gasteiger partial charge in [-0.25, -0.2) is 0 Å². The van der Waals surface area contributed by atoms with Crippen LogP contribution < -0.4 is 5.32 Å². The van der Waals surface area contributed by atoms with E-state index in [0.717, 1.165) is 5.56 Å². The van der Waals surface area contributed by atoms with Gasteiger partial charge in [-0.3, -0.25) is 9.59 Å². The van der Waals surface area contributed by atoms with E-state index < -0.39 is 0 Å². The topological polar surface area (TPSA) is 49.4 Å². The molecule has 0 aliphatic carbocycles. The fourth-order valence-electron chi connectivity index (χ4n) is 1.63. The zero-order valence-electron chi connectivity index (χ0n) is 11.6. The predicted octanol–water partition coefficient (Wildman–Crippen LogP) is 1.89. The molecule has 0 spiro atoms. The first-order valence-corrected chi connectivity index (χ1v) is 7.36. The molecule has 1 rings (SSSR count). The third-order valence-electron chi connectivity index (χ3n) is 2.72. The van der Waals surface area contributed by atoms with Gasteiger partial charge in [-0.1, -0.05) is 12.1 Å². The molecule has 19 heavy (non-hydrogen) atoms. The second-order valence-corrected chi connectivity index (χ2v) is 5.21. The molecule has 0 bridgehead atoms. The smallest absolute Gasteiger partial charge is 0.224 e. The third kappa shape index (κ3) is 5.79. The summed E-state index contributed by atoms with van der Waals surface area (Å²) in [7, 11) is 1.78. The molecule has 0 fully saturated rings. The van der Waals surface area contributed by atoms with Crippen LogP contribution in [0.5, 0.6) is 0 Å². The van der Waals surface area contributed by atoms with E-state index in [1.54, 1.807) is 23.7 Å². The van der Waals surface area contributed by atoms with Gasteiger partial charge < -0.3 is 10.2 Å². The van der Waals surface area contributed by atoms with Crippen LogP contribution in [0.1, 0.15) is 18.9 Å². The summed E-state index contributed by atoms with van der Waals surface area (Å²) >= 11 is 1.70. The Bertz CT molecular complexity index is 432. The van der Waals surface area contributed by atoms with Crippen molar-refractivity contribution >= 4 is 23.6 Å².